The van der Waals surface area contributed by atoms with E-state index in [0.717, 1.165) is 26.2 Å². The quantitative estimate of drug-likeness (QED) is 0.717. The van der Waals surface area contributed by atoms with Crippen LogP contribution >= 0.6 is 12.4 Å². The molecule has 3 nitrogen and oxygen atoms in total. The Morgan fingerprint density at radius 1 is 0.824 bits per heavy atom. The van der Waals surface area contributed by atoms with Crippen LogP contribution in [0.3, 0.4) is 0 Å². The molecule has 0 bridgehead atoms. The van der Waals surface area contributed by atoms with Gasteiger partial charge in [0.1, 0.15) is 0 Å². The van der Waals surface area contributed by atoms with Crippen molar-refractivity contribution in [2.75, 3.05) is 45.8 Å². The molecule has 0 saturated carbocycles. The zero-order valence-corrected chi connectivity index (χ0v) is 12.2. The summed E-state index contributed by atoms with van der Waals surface area (Å²) >= 11 is 0. The molecule has 0 aromatic heterocycles. The number of hydrogen-bond donors (Lipinski definition) is 2. The Hall–Kier alpha value is 0.170. The van der Waals surface area contributed by atoms with Crippen LogP contribution in [0.4, 0.5) is 0 Å². The molecule has 0 aliphatic carbocycles. The Morgan fingerprint density at radius 3 is 2.00 bits per heavy atom. The van der Waals surface area contributed by atoms with Gasteiger partial charge in [-0.2, -0.15) is 0 Å². The molecule has 4 heteroatoms. The van der Waals surface area contributed by atoms with Gasteiger partial charge in [0.15, 0.2) is 0 Å². The molecule has 0 amide bonds. The van der Waals surface area contributed by atoms with E-state index >= 15 is 0 Å². The summed E-state index contributed by atoms with van der Waals surface area (Å²) in [6.45, 7) is 10.5. The highest BCUT2D eigenvalue weighted by Crippen LogP contribution is 2.03. The SMILES string of the molecule is CCCCCCCN1CCNCCNCC1.Cl. The van der Waals surface area contributed by atoms with Crippen LogP contribution in [0.15, 0.2) is 0 Å². The molecule has 1 heterocycles. The first-order chi connectivity index (χ1) is 7.93. The third-order valence-electron chi connectivity index (χ3n) is 3.27. The number of rotatable bonds is 6. The van der Waals surface area contributed by atoms with Crippen LogP contribution < -0.4 is 10.6 Å². The van der Waals surface area contributed by atoms with Crippen molar-refractivity contribution in [2.45, 2.75) is 39.0 Å². The van der Waals surface area contributed by atoms with Crippen LogP contribution in [0.2, 0.25) is 0 Å². The molecule has 1 saturated heterocycles. The molecule has 0 radical (unpaired) electrons. The molecule has 2 N–H and O–H groups in total. The van der Waals surface area contributed by atoms with Crippen molar-refractivity contribution in [2.24, 2.45) is 0 Å². The normalized spacial score (nSPS) is 18.9. The molecule has 1 aliphatic heterocycles. The Labute approximate surface area is 113 Å². The molecule has 0 aromatic rings. The highest BCUT2D eigenvalue weighted by molar-refractivity contribution is 5.85. The van der Waals surface area contributed by atoms with Crippen LogP contribution in [0.1, 0.15) is 39.0 Å². The Balaban J connectivity index is 0.00000256. The zero-order valence-electron chi connectivity index (χ0n) is 11.3. The van der Waals surface area contributed by atoms with Crippen LogP contribution in [-0.2, 0) is 0 Å². The lowest BCUT2D eigenvalue weighted by atomic mass is 10.1. The lowest BCUT2D eigenvalue weighted by molar-refractivity contribution is 0.273. The third kappa shape index (κ3) is 9.83. The molecule has 104 valence electrons. The molecule has 0 aromatic carbocycles. The van der Waals surface area contributed by atoms with Crippen LogP contribution in [0.5, 0.6) is 0 Å². The molecule has 0 unspecified atom stereocenters. The van der Waals surface area contributed by atoms with E-state index in [2.05, 4.69) is 22.5 Å². The Morgan fingerprint density at radius 2 is 1.41 bits per heavy atom. The molecule has 17 heavy (non-hydrogen) atoms. The van der Waals surface area contributed by atoms with Gasteiger partial charge in [-0.1, -0.05) is 32.6 Å². The second-order valence-corrected chi connectivity index (χ2v) is 4.76. The second-order valence-electron chi connectivity index (χ2n) is 4.76. The summed E-state index contributed by atoms with van der Waals surface area (Å²) in [5.41, 5.74) is 0. The predicted octanol–water partition coefficient (Wildman–Crippen LogP) is 1.87. The van der Waals surface area contributed by atoms with Crippen LogP contribution in [0.25, 0.3) is 0 Å². The van der Waals surface area contributed by atoms with Crippen molar-refractivity contribution in [3.05, 3.63) is 0 Å². The van der Waals surface area contributed by atoms with Crippen molar-refractivity contribution in [3.8, 4) is 0 Å². The summed E-state index contributed by atoms with van der Waals surface area (Å²) in [4.78, 5) is 2.59. The fraction of sp³-hybridized carbons (Fsp3) is 1.00. The van der Waals surface area contributed by atoms with Gasteiger partial charge in [-0.25, -0.2) is 0 Å². The molecule has 1 aliphatic rings. The van der Waals surface area contributed by atoms with Crippen LogP contribution in [0, 0.1) is 0 Å². The number of hydrogen-bond acceptors (Lipinski definition) is 3. The molecule has 0 spiro atoms. The van der Waals surface area contributed by atoms with Gasteiger partial charge in [0.2, 0.25) is 0 Å². The van der Waals surface area contributed by atoms with Gasteiger partial charge in [0.25, 0.3) is 0 Å². The molecular formula is C13H30ClN3. The maximum Gasteiger partial charge on any atom is 0.0107 e. The van der Waals surface area contributed by atoms with Crippen molar-refractivity contribution >= 4 is 12.4 Å². The van der Waals surface area contributed by atoms with E-state index in [1.807, 2.05) is 0 Å². The average Bonchev–Trinajstić information content (AvgIpc) is 2.42. The minimum atomic E-state index is 0. The predicted molar refractivity (Wildman–Crippen MR) is 78.2 cm³/mol. The fourth-order valence-corrected chi connectivity index (χ4v) is 2.18. The lowest BCUT2D eigenvalue weighted by Crippen LogP contribution is -2.34. The Kier molecular flexibility index (Phi) is 12.7. The summed E-state index contributed by atoms with van der Waals surface area (Å²) in [6, 6.07) is 0. The third-order valence-corrected chi connectivity index (χ3v) is 3.27. The summed E-state index contributed by atoms with van der Waals surface area (Å²) in [5, 5.41) is 6.93. The smallest absolute Gasteiger partial charge is 0.0107 e. The maximum absolute atomic E-state index is 3.46. The molecule has 0 atom stereocenters. The van der Waals surface area contributed by atoms with Gasteiger partial charge in [-0.05, 0) is 13.0 Å². The van der Waals surface area contributed by atoms with Gasteiger partial charge >= 0.3 is 0 Å². The first kappa shape index (κ1) is 17.2. The van der Waals surface area contributed by atoms with E-state index in [1.54, 1.807) is 0 Å². The maximum atomic E-state index is 3.46. The number of nitrogens with zero attached hydrogens (tertiary/aromatic N) is 1. The minimum Gasteiger partial charge on any atom is -0.314 e. The van der Waals surface area contributed by atoms with E-state index in [0.29, 0.717) is 0 Å². The molecule has 1 fully saturated rings. The van der Waals surface area contributed by atoms with Gasteiger partial charge in [0.05, 0.1) is 0 Å². The highest BCUT2D eigenvalue weighted by atomic mass is 35.5. The van der Waals surface area contributed by atoms with E-state index < -0.39 is 0 Å². The van der Waals surface area contributed by atoms with E-state index in [9.17, 15) is 0 Å². The minimum absolute atomic E-state index is 0. The summed E-state index contributed by atoms with van der Waals surface area (Å²) in [7, 11) is 0. The molecule has 1 rings (SSSR count). The summed E-state index contributed by atoms with van der Waals surface area (Å²) in [6.07, 6.45) is 6.95. The van der Waals surface area contributed by atoms with Gasteiger partial charge in [-0.3, -0.25) is 0 Å². The van der Waals surface area contributed by atoms with Crippen molar-refractivity contribution in [1.82, 2.24) is 15.5 Å². The highest BCUT2D eigenvalue weighted by Gasteiger charge is 2.05. The van der Waals surface area contributed by atoms with Crippen molar-refractivity contribution in [3.63, 3.8) is 0 Å². The van der Waals surface area contributed by atoms with E-state index in [-0.39, 0.29) is 12.4 Å². The fourth-order valence-electron chi connectivity index (χ4n) is 2.18. The van der Waals surface area contributed by atoms with Crippen molar-refractivity contribution in [1.29, 1.82) is 0 Å². The van der Waals surface area contributed by atoms with E-state index in [1.165, 1.54) is 51.7 Å². The van der Waals surface area contributed by atoms with Gasteiger partial charge < -0.3 is 15.5 Å². The number of unbranched alkanes of at least 4 members (excludes halogenated alkanes) is 4. The second kappa shape index (κ2) is 12.6. The van der Waals surface area contributed by atoms with Crippen LogP contribution in [-0.4, -0.2) is 50.7 Å². The topological polar surface area (TPSA) is 27.3 Å². The van der Waals surface area contributed by atoms with Gasteiger partial charge in [0, 0.05) is 39.3 Å². The summed E-state index contributed by atoms with van der Waals surface area (Å²) in [5.74, 6) is 0. The largest absolute Gasteiger partial charge is 0.314 e. The van der Waals surface area contributed by atoms with Crippen molar-refractivity contribution < 1.29 is 0 Å². The molecular weight excluding hydrogens is 234 g/mol. The lowest BCUT2D eigenvalue weighted by Gasteiger charge is -2.21. The van der Waals surface area contributed by atoms with E-state index in [4.69, 9.17) is 0 Å². The standard InChI is InChI=1S/C13H29N3.ClH/c1-2-3-4-5-6-11-16-12-9-14-7-8-15-10-13-16;/h14-15H,2-13H2,1H3;1H. The van der Waals surface area contributed by atoms with Gasteiger partial charge in [-0.15, -0.1) is 12.4 Å². The number of nitrogens with one attached hydrogen (secondary N) is 2. The zero-order chi connectivity index (χ0) is 11.5. The summed E-state index contributed by atoms with van der Waals surface area (Å²) < 4.78 is 0. The first-order valence-electron chi connectivity index (χ1n) is 7.07. The number of halogens is 1. The average molecular weight is 264 g/mol. The first-order valence-corrected chi connectivity index (χ1v) is 7.07. The Bertz CT molecular complexity index is 146. The monoisotopic (exact) mass is 263 g/mol.